The van der Waals surface area contributed by atoms with Crippen LogP contribution in [0.1, 0.15) is 35.1 Å². The molecule has 1 aromatic rings. The zero-order chi connectivity index (χ0) is 12.3. The fraction of sp³-hybridized carbons (Fsp3) is 0.667. The zero-order valence-corrected chi connectivity index (χ0v) is 11.2. The molecule has 1 saturated heterocycles. The van der Waals surface area contributed by atoms with Gasteiger partial charge in [0.2, 0.25) is 0 Å². The van der Waals surface area contributed by atoms with Gasteiger partial charge in [0, 0.05) is 19.1 Å². The van der Waals surface area contributed by atoms with E-state index in [1.807, 2.05) is 18.7 Å². The number of aryl methyl sites for hydroxylation is 1. The van der Waals surface area contributed by atoms with Crippen molar-refractivity contribution in [1.29, 1.82) is 0 Å². The Morgan fingerprint density at radius 1 is 1.71 bits per heavy atom. The van der Waals surface area contributed by atoms with Crippen LogP contribution in [-0.2, 0) is 0 Å². The number of aromatic nitrogens is 1. The van der Waals surface area contributed by atoms with Crippen molar-refractivity contribution >= 4 is 17.2 Å². The minimum absolute atomic E-state index is 0.126. The van der Waals surface area contributed by atoms with Crippen molar-refractivity contribution in [2.75, 3.05) is 19.6 Å². The van der Waals surface area contributed by atoms with Gasteiger partial charge >= 0.3 is 0 Å². The van der Waals surface area contributed by atoms with Crippen LogP contribution in [0, 0.1) is 6.92 Å². The SMILES string of the molecule is CCN(CC1CCCN1)C(=O)c1scnc1C. The number of amides is 1. The molecule has 5 heteroatoms. The molecule has 2 heterocycles. The van der Waals surface area contributed by atoms with E-state index in [1.165, 1.54) is 24.2 Å². The van der Waals surface area contributed by atoms with Crippen LogP contribution in [0.2, 0.25) is 0 Å². The molecule has 2 rings (SSSR count). The van der Waals surface area contributed by atoms with Gasteiger partial charge in [0.05, 0.1) is 11.2 Å². The van der Waals surface area contributed by atoms with Gasteiger partial charge in [0.25, 0.3) is 5.91 Å². The molecule has 1 aromatic heterocycles. The van der Waals surface area contributed by atoms with Crippen LogP contribution >= 0.6 is 11.3 Å². The van der Waals surface area contributed by atoms with Gasteiger partial charge in [-0.3, -0.25) is 4.79 Å². The third kappa shape index (κ3) is 2.84. The van der Waals surface area contributed by atoms with Gasteiger partial charge in [-0.1, -0.05) is 0 Å². The third-order valence-corrected chi connectivity index (χ3v) is 4.13. The van der Waals surface area contributed by atoms with E-state index in [9.17, 15) is 4.79 Å². The lowest BCUT2D eigenvalue weighted by Crippen LogP contribution is -2.40. The van der Waals surface area contributed by atoms with Crippen molar-refractivity contribution in [3.05, 3.63) is 16.1 Å². The molecule has 1 unspecified atom stereocenters. The van der Waals surface area contributed by atoms with Gasteiger partial charge < -0.3 is 10.2 Å². The van der Waals surface area contributed by atoms with E-state index in [-0.39, 0.29) is 5.91 Å². The first-order chi connectivity index (χ1) is 8.22. The molecule has 4 nitrogen and oxygen atoms in total. The summed E-state index contributed by atoms with van der Waals surface area (Å²) in [6.45, 7) is 6.58. The van der Waals surface area contributed by atoms with Crippen molar-refractivity contribution in [3.63, 3.8) is 0 Å². The number of thiazole rings is 1. The van der Waals surface area contributed by atoms with Crippen LogP contribution in [0.5, 0.6) is 0 Å². The highest BCUT2D eigenvalue weighted by Crippen LogP contribution is 2.16. The third-order valence-electron chi connectivity index (χ3n) is 3.21. The molecule has 1 aliphatic rings. The molecule has 0 spiro atoms. The summed E-state index contributed by atoms with van der Waals surface area (Å²) in [5.74, 6) is 0.126. The Morgan fingerprint density at radius 3 is 3.06 bits per heavy atom. The molecule has 0 radical (unpaired) electrons. The van der Waals surface area contributed by atoms with E-state index in [4.69, 9.17) is 0 Å². The Morgan fingerprint density at radius 2 is 2.53 bits per heavy atom. The van der Waals surface area contributed by atoms with Crippen molar-refractivity contribution in [1.82, 2.24) is 15.2 Å². The van der Waals surface area contributed by atoms with Gasteiger partial charge in [-0.2, -0.15) is 0 Å². The summed E-state index contributed by atoms with van der Waals surface area (Å²) in [6, 6.07) is 0.465. The maximum Gasteiger partial charge on any atom is 0.265 e. The number of likely N-dealkylation sites (N-methyl/N-ethyl adjacent to an activating group) is 1. The molecule has 0 bridgehead atoms. The predicted octanol–water partition coefficient (Wildman–Crippen LogP) is 1.67. The molecule has 94 valence electrons. The first-order valence-corrected chi connectivity index (χ1v) is 7.03. The molecular formula is C12H19N3OS. The van der Waals surface area contributed by atoms with Gasteiger partial charge in [0.1, 0.15) is 4.88 Å². The molecule has 1 fully saturated rings. The minimum Gasteiger partial charge on any atom is -0.337 e. The summed E-state index contributed by atoms with van der Waals surface area (Å²) in [4.78, 5) is 19.2. The lowest BCUT2D eigenvalue weighted by Gasteiger charge is -2.24. The lowest BCUT2D eigenvalue weighted by molar-refractivity contribution is 0.0755. The number of nitrogens with zero attached hydrogens (tertiary/aromatic N) is 2. The maximum absolute atomic E-state index is 12.3. The number of rotatable bonds is 4. The predicted molar refractivity (Wildman–Crippen MR) is 69.5 cm³/mol. The Bertz CT molecular complexity index is 385. The summed E-state index contributed by atoms with van der Waals surface area (Å²) < 4.78 is 0. The molecule has 0 aromatic carbocycles. The average molecular weight is 253 g/mol. The molecule has 1 N–H and O–H groups in total. The fourth-order valence-electron chi connectivity index (χ4n) is 2.18. The summed E-state index contributed by atoms with van der Waals surface area (Å²) in [5, 5.41) is 3.43. The van der Waals surface area contributed by atoms with E-state index in [0.29, 0.717) is 6.04 Å². The van der Waals surface area contributed by atoms with Gasteiger partial charge in [-0.15, -0.1) is 11.3 Å². The summed E-state index contributed by atoms with van der Waals surface area (Å²) in [7, 11) is 0. The number of hydrogen-bond acceptors (Lipinski definition) is 4. The van der Waals surface area contributed by atoms with Crippen LogP contribution in [0.15, 0.2) is 5.51 Å². The zero-order valence-electron chi connectivity index (χ0n) is 10.4. The van der Waals surface area contributed by atoms with E-state index in [2.05, 4.69) is 10.3 Å². The number of nitrogens with one attached hydrogen (secondary N) is 1. The second-order valence-electron chi connectivity index (χ2n) is 4.40. The van der Waals surface area contributed by atoms with E-state index >= 15 is 0 Å². The Labute approximate surface area is 106 Å². The summed E-state index contributed by atoms with van der Waals surface area (Å²) in [6.07, 6.45) is 2.39. The van der Waals surface area contributed by atoms with Crippen LogP contribution in [0.25, 0.3) is 0 Å². The first-order valence-electron chi connectivity index (χ1n) is 6.15. The van der Waals surface area contributed by atoms with E-state index < -0.39 is 0 Å². The quantitative estimate of drug-likeness (QED) is 0.887. The van der Waals surface area contributed by atoms with Crippen molar-refractivity contribution in [2.45, 2.75) is 32.7 Å². The minimum atomic E-state index is 0.126. The van der Waals surface area contributed by atoms with E-state index in [0.717, 1.165) is 30.2 Å². The molecule has 0 saturated carbocycles. The van der Waals surface area contributed by atoms with Crippen LogP contribution in [0.3, 0.4) is 0 Å². The van der Waals surface area contributed by atoms with Gasteiger partial charge in [-0.05, 0) is 33.2 Å². The van der Waals surface area contributed by atoms with Crippen molar-refractivity contribution in [3.8, 4) is 0 Å². The molecule has 1 amide bonds. The number of carbonyl (C=O) groups excluding carboxylic acids is 1. The van der Waals surface area contributed by atoms with Crippen molar-refractivity contribution < 1.29 is 4.79 Å². The normalized spacial score (nSPS) is 19.5. The average Bonchev–Trinajstić information content (AvgIpc) is 2.96. The molecule has 1 atom stereocenters. The van der Waals surface area contributed by atoms with Gasteiger partial charge in [0.15, 0.2) is 0 Å². The van der Waals surface area contributed by atoms with Crippen molar-refractivity contribution in [2.24, 2.45) is 0 Å². The van der Waals surface area contributed by atoms with Crippen LogP contribution in [-0.4, -0.2) is 41.5 Å². The Kier molecular flexibility index (Phi) is 4.12. The summed E-state index contributed by atoms with van der Waals surface area (Å²) in [5.41, 5.74) is 2.59. The molecule has 0 aliphatic carbocycles. The molecular weight excluding hydrogens is 234 g/mol. The Hall–Kier alpha value is -0.940. The molecule has 17 heavy (non-hydrogen) atoms. The highest BCUT2D eigenvalue weighted by molar-refractivity contribution is 7.11. The summed E-state index contributed by atoms with van der Waals surface area (Å²) >= 11 is 1.44. The first kappa shape index (κ1) is 12.5. The smallest absolute Gasteiger partial charge is 0.265 e. The van der Waals surface area contributed by atoms with Crippen LogP contribution in [0.4, 0.5) is 0 Å². The highest BCUT2D eigenvalue weighted by atomic mass is 32.1. The largest absolute Gasteiger partial charge is 0.337 e. The van der Waals surface area contributed by atoms with E-state index in [1.54, 1.807) is 5.51 Å². The monoisotopic (exact) mass is 253 g/mol. The number of hydrogen-bond donors (Lipinski definition) is 1. The molecule has 1 aliphatic heterocycles. The second-order valence-corrected chi connectivity index (χ2v) is 5.26. The topological polar surface area (TPSA) is 45.2 Å². The Balaban J connectivity index is 2.02. The standard InChI is InChI=1S/C12H19N3OS/c1-3-15(7-10-5-4-6-13-10)12(16)11-9(2)14-8-17-11/h8,10,13H,3-7H2,1-2H3. The van der Waals surface area contributed by atoms with Crippen LogP contribution < -0.4 is 5.32 Å². The van der Waals surface area contributed by atoms with Gasteiger partial charge in [-0.25, -0.2) is 4.98 Å². The second kappa shape index (κ2) is 5.60. The highest BCUT2D eigenvalue weighted by Gasteiger charge is 2.23. The fourth-order valence-corrected chi connectivity index (χ4v) is 2.95. The number of carbonyl (C=O) groups is 1. The lowest BCUT2D eigenvalue weighted by atomic mass is 10.2. The maximum atomic E-state index is 12.3.